The maximum Gasteiger partial charge on any atom is 0.328 e. The average molecular weight is 195 g/mol. The highest BCUT2D eigenvalue weighted by Gasteiger charge is 2.04. The maximum absolute atomic E-state index is 10.1. The summed E-state index contributed by atoms with van der Waals surface area (Å²) in [6, 6.07) is 3.78. The van der Waals surface area contributed by atoms with Crippen molar-refractivity contribution in [3.05, 3.63) is 36.3 Å². The molecule has 0 fully saturated rings. The molecule has 1 heterocycles. The van der Waals surface area contributed by atoms with Gasteiger partial charge in [0.05, 0.1) is 12.3 Å². The molecule has 0 bridgehead atoms. The Bertz CT molecular complexity index is 303. The molecule has 1 aromatic heterocycles. The smallest absolute Gasteiger partial charge is 0.328 e. The molecule has 0 radical (unpaired) electrons. The molecule has 0 aliphatic carbocycles. The van der Waals surface area contributed by atoms with E-state index in [1.54, 1.807) is 12.3 Å². The zero-order valence-electron chi connectivity index (χ0n) is 7.93. The lowest BCUT2D eigenvalue weighted by Gasteiger charge is -2.08. The van der Waals surface area contributed by atoms with E-state index >= 15 is 0 Å². The minimum atomic E-state index is -0.933. The van der Waals surface area contributed by atoms with Crippen LogP contribution in [-0.2, 0) is 4.79 Å². The first kappa shape index (κ1) is 10.5. The SMILES string of the molecule is C[C@H](NC/C=C/C(=O)O)c1ccco1. The molecule has 0 saturated heterocycles. The summed E-state index contributed by atoms with van der Waals surface area (Å²) in [5.74, 6) is -0.0915. The predicted molar refractivity (Wildman–Crippen MR) is 51.9 cm³/mol. The van der Waals surface area contributed by atoms with E-state index in [2.05, 4.69) is 5.32 Å². The number of furan rings is 1. The molecule has 4 nitrogen and oxygen atoms in total. The molecule has 0 amide bonds. The molecule has 14 heavy (non-hydrogen) atoms. The van der Waals surface area contributed by atoms with Gasteiger partial charge in [-0.25, -0.2) is 4.79 Å². The van der Waals surface area contributed by atoms with Gasteiger partial charge < -0.3 is 14.8 Å². The second kappa shape index (κ2) is 5.24. The topological polar surface area (TPSA) is 62.5 Å². The van der Waals surface area contributed by atoms with Gasteiger partial charge in [0.1, 0.15) is 5.76 Å². The highest BCUT2D eigenvalue weighted by molar-refractivity contribution is 5.79. The molecular weight excluding hydrogens is 182 g/mol. The lowest BCUT2D eigenvalue weighted by Crippen LogP contribution is -2.18. The number of carboxylic acid groups (broad SMARTS) is 1. The Morgan fingerprint density at radius 2 is 2.57 bits per heavy atom. The van der Waals surface area contributed by atoms with Crippen LogP contribution in [0.1, 0.15) is 18.7 Å². The molecule has 0 aliphatic rings. The standard InChI is InChI=1S/C10H13NO3/c1-8(9-4-3-7-14-9)11-6-2-5-10(12)13/h2-5,7-8,11H,6H2,1H3,(H,12,13)/b5-2+/t8-/m0/s1. The highest BCUT2D eigenvalue weighted by Crippen LogP contribution is 2.11. The number of nitrogens with one attached hydrogen (secondary N) is 1. The molecule has 2 N–H and O–H groups in total. The van der Waals surface area contributed by atoms with Crippen LogP contribution in [-0.4, -0.2) is 17.6 Å². The van der Waals surface area contributed by atoms with E-state index in [9.17, 15) is 4.79 Å². The summed E-state index contributed by atoms with van der Waals surface area (Å²) in [6.07, 6.45) is 4.28. The van der Waals surface area contributed by atoms with Crippen molar-refractivity contribution in [2.45, 2.75) is 13.0 Å². The molecule has 0 saturated carbocycles. The van der Waals surface area contributed by atoms with Crippen LogP contribution in [0.5, 0.6) is 0 Å². The molecule has 4 heteroatoms. The Kier molecular flexibility index (Phi) is 3.94. The number of hydrogen-bond acceptors (Lipinski definition) is 3. The quantitative estimate of drug-likeness (QED) is 0.700. The minimum absolute atomic E-state index is 0.0865. The Morgan fingerprint density at radius 3 is 3.14 bits per heavy atom. The van der Waals surface area contributed by atoms with Crippen LogP contribution in [0.4, 0.5) is 0 Å². The first-order valence-electron chi connectivity index (χ1n) is 4.36. The summed E-state index contributed by atoms with van der Waals surface area (Å²) in [4.78, 5) is 10.1. The number of carboxylic acids is 1. The van der Waals surface area contributed by atoms with Crippen LogP contribution in [0.3, 0.4) is 0 Å². The Balaban J connectivity index is 2.29. The third-order valence-electron chi connectivity index (χ3n) is 1.77. The van der Waals surface area contributed by atoms with Crippen molar-refractivity contribution < 1.29 is 14.3 Å². The second-order valence-corrected chi connectivity index (χ2v) is 2.89. The average Bonchev–Trinajstić information content (AvgIpc) is 2.64. The van der Waals surface area contributed by atoms with E-state index in [0.29, 0.717) is 6.54 Å². The normalized spacial score (nSPS) is 13.2. The van der Waals surface area contributed by atoms with Gasteiger partial charge in [-0.2, -0.15) is 0 Å². The van der Waals surface area contributed by atoms with Gasteiger partial charge in [-0.05, 0) is 19.1 Å². The summed E-state index contributed by atoms with van der Waals surface area (Å²) in [7, 11) is 0. The van der Waals surface area contributed by atoms with Gasteiger partial charge in [0.2, 0.25) is 0 Å². The minimum Gasteiger partial charge on any atom is -0.478 e. The van der Waals surface area contributed by atoms with Gasteiger partial charge in [0, 0.05) is 12.6 Å². The fraction of sp³-hybridized carbons (Fsp3) is 0.300. The largest absolute Gasteiger partial charge is 0.478 e. The van der Waals surface area contributed by atoms with E-state index in [1.807, 2.05) is 19.1 Å². The summed E-state index contributed by atoms with van der Waals surface area (Å²) >= 11 is 0. The molecule has 0 spiro atoms. The third kappa shape index (κ3) is 3.45. The maximum atomic E-state index is 10.1. The van der Waals surface area contributed by atoms with Crippen LogP contribution >= 0.6 is 0 Å². The van der Waals surface area contributed by atoms with Crippen LogP contribution in [0.2, 0.25) is 0 Å². The zero-order valence-corrected chi connectivity index (χ0v) is 7.93. The van der Waals surface area contributed by atoms with Crippen LogP contribution in [0, 0.1) is 0 Å². The Hall–Kier alpha value is -1.55. The molecule has 0 aliphatic heterocycles. The van der Waals surface area contributed by atoms with Crippen molar-refractivity contribution in [2.24, 2.45) is 0 Å². The zero-order chi connectivity index (χ0) is 10.4. The summed E-state index contributed by atoms with van der Waals surface area (Å²) < 4.78 is 5.17. The molecule has 0 unspecified atom stereocenters. The van der Waals surface area contributed by atoms with E-state index in [0.717, 1.165) is 11.8 Å². The van der Waals surface area contributed by atoms with Crippen molar-refractivity contribution in [2.75, 3.05) is 6.54 Å². The highest BCUT2D eigenvalue weighted by atomic mass is 16.4. The summed E-state index contributed by atoms with van der Waals surface area (Å²) in [6.45, 7) is 2.46. The second-order valence-electron chi connectivity index (χ2n) is 2.89. The first-order chi connectivity index (χ1) is 6.70. The van der Waals surface area contributed by atoms with Crippen LogP contribution in [0.15, 0.2) is 35.0 Å². The van der Waals surface area contributed by atoms with Crippen molar-refractivity contribution in [1.29, 1.82) is 0 Å². The lowest BCUT2D eigenvalue weighted by molar-refractivity contribution is -0.131. The molecular formula is C10H13NO3. The fourth-order valence-corrected chi connectivity index (χ4v) is 1.04. The number of hydrogen-bond donors (Lipinski definition) is 2. The van der Waals surface area contributed by atoms with E-state index in [1.165, 1.54) is 0 Å². The monoisotopic (exact) mass is 195 g/mol. The van der Waals surface area contributed by atoms with Crippen LogP contribution in [0.25, 0.3) is 0 Å². The van der Waals surface area contributed by atoms with Gasteiger partial charge >= 0.3 is 5.97 Å². The first-order valence-corrected chi connectivity index (χ1v) is 4.36. The number of aliphatic carboxylic acids is 1. The van der Waals surface area contributed by atoms with Crippen molar-refractivity contribution >= 4 is 5.97 Å². The van der Waals surface area contributed by atoms with Crippen molar-refractivity contribution in [3.63, 3.8) is 0 Å². The van der Waals surface area contributed by atoms with E-state index < -0.39 is 5.97 Å². The lowest BCUT2D eigenvalue weighted by atomic mass is 10.2. The molecule has 1 rings (SSSR count). The van der Waals surface area contributed by atoms with Gasteiger partial charge in [-0.1, -0.05) is 6.08 Å². The summed E-state index contributed by atoms with van der Waals surface area (Å²) in [5.41, 5.74) is 0. The fourth-order valence-electron chi connectivity index (χ4n) is 1.04. The van der Waals surface area contributed by atoms with Crippen molar-refractivity contribution in [3.8, 4) is 0 Å². The Labute approximate surface area is 82.2 Å². The molecule has 1 aromatic rings. The summed E-state index contributed by atoms with van der Waals surface area (Å²) in [5, 5.41) is 11.4. The van der Waals surface area contributed by atoms with Crippen molar-refractivity contribution in [1.82, 2.24) is 5.32 Å². The molecule has 76 valence electrons. The van der Waals surface area contributed by atoms with Gasteiger partial charge in [-0.15, -0.1) is 0 Å². The molecule has 1 atom stereocenters. The molecule has 0 aromatic carbocycles. The van der Waals surface area contributed by atoms with Gasteiger partial charge in [-0.3, -0.25) is 0 Å². The van der Waals surface area contributed by atoms with Gasteiger partial charge in [0.15, 0.2) is 0 Å². The predicted octanol–water partition coefficient (Wildman–Crippen LogP) is 1.57. The Morgan fingerprint density at radius 1 is 1.79 bits per heavy atom. The van der Waals surface area contributed by atoms with E-state index in [-0.39, 0.29) is 6.04 Å². The number of carbonyl (C=O) groups is 1. The van der Waals surface area contributed by atoms with Crippen LogP contribution < -0.4 is 5.32 Å². The number of rotatable bonds is 5. The third-order valence-corrected chi connectivity index (χ3v) is 1.77. The van der Waals surface area contributed by atoms with E-state index in [4.69, 9.17) is 9.52 Å². The van der Waals surface area contributed by atoms with Gasteiger partial charge in [0.25, 0.3) is 0 Å².